The van der Waals surface area contributed by atoms with Crippen LogP contribution in [-0.2, 0) is 4.79 Å². The van der Waals surface area contributed by atoms with E-state index >= 15 is 0 Å². The lowest BCUT2D eigenvalue weighted by molar-refractivity contribution is -0.119. The minimum atomic E-state index is -0.558. The van der Waals surface area contributed by atoms with Gasteiger partial charge in [-0.25, -0.2) is 0 Å². The molecule has 2 heteroatoms. The predicted octanol–water partition coefficient (Wildman–Crippen LogP) is 4.91. The molecular formula is C22H34O2. The van der Waals surface area contributed by atoms with E-state index in [-0.39, 0.29) is 5.41 Å². The topological polar surface area (TPSA) is 37.3 Å². The fourth-order valence-electron chi connectivity index (χ4n) is 7.72. The van der Waals surface area contributed by atoms with Crippen LogP contribution in [0, 0.1) is 34.5 Å². The summed E-state index contributed by atoms with van der Waals surface area (Å²) in [5.74, 6) is 3.11. The monoisotopic (exact) mass is 330 g/mol. The largest absolute Gasteiger partial charge is 0.390 e. The highest BCUT2D eigenvalue weighted by molar-refractivity contribution is 5.91. The molecule has 2 nitrogen and oxygen atoms in total. The van der Waals surface area contributed by atoms with Crippen molar-refractivity contribution in [3.8, 4) is 0 Å². The average Bonchev–Trinajstić information content (AvgIpc) is 2.85. The fraction of sp³-hybridized carbons (Fsp3) is 0.864. The molecule has 3 fully saturated rings. The lowest BCUT2D eigenvalue weighted by Gasteiger charge is -2.58. The second-order valence-electron chi connectivity index (χ2n) is 10.3. The number of hydrogen-bond donors (Lipinski definition) is 1. The zero-order valence-electron chi connectivity index (χ0n) is 15.9. The fourth-order valence-corrected chi connectivity index (χ4v) is 7.72. The highest BCUT2D eigenvalue weighted by Gasteiger charge is 2.60. The number of ketones is 1. The van der Waals surface area contributed by atoms with E-state index in [0.29, 0.717) is 17.1 Å². The Morgan fingerprint density at radius 3 is 2.50 bits per heavy atom. The van der Waals surface area contributed by atoms with Gasteiger partial charge < -0.3 is 5.11 Å². The van der Waals surface area contributed by atoms with Gasteiger partial charge in [-0.1, -0.05) is 19.4 Å². The van der Waals surface area contributed by atoms with Gasteiger partial charge in [0.05, 0.1) is 5.60 Å². The Kier molecular flexibility index (Phi) is 3.64. The Balaban J connectivity index is 1.66. The molecule has 4 rings (SSSR count). The zero-order valence-corrected chi connectivity index (χ0v) is 15.9. The maximum absolute atomic E-state index is 11.9. The van der Waals surface area contributed by atoms with Crippen molar-refractivity contribution in [3.05, 3.63) is 11.6 Å². The van der Waals surface area contributed by atoms with Crippen LogP contribution in [0.15, 0.2) is 11.6 Å². The van der Waals surface area contributed by atoms with E-state index in [1.165, 1.54) is 37.7 Å². The van der Waals surface area contributed by atoms with Crippen LogP contribution in [0.5, 0.6) is 0 Å². The molecule has 3 saturated carbocycles. The quantitative estimate of drug-likeness (QED) is 0.742. The number of allylic oxidation sites excluding steroid dienone is 1. The smallest absolute Gasteiger partial charge is 0.155 e. The van der Waals surface area contributed by atoms with Gasteiger partial charge in [0.25, 0.3) is 0 Å². The van der Waals surface area contributed by atoms with Gasteiger partial charge in [-0.05, 0) is 99.4 Å². The third-order valence-corrected chi connectivity index (χ3v) is 8.81. The van der Waals surface area contributed by atoms with E-state index in [2.05, 4.69) is 13.8 Å². The summed E-state index contributed by atoms with van der Waals surface area (Å²) in [6, 6.07) is 0. The van der Waals surface area contributed by atoms with Crippen LogP contribution in [0.4, 0.5) is 0 Å². The molecule has 4 aliphatic carbocycles. The molecule has 6 atom stereocenters. The van der Waals surface area contributed by atoms with Gasteiger partial charge in [-0.15, -0.1) is 0 Å². The Hall–Kier alpha value is -0.630. The third kappa shape index (κ3) is 2.21. The van der Waals surface area contributed by atoms with E-state index < -0.39 is 5.60 Å². The number of carbonyl (C=O) groups is 1. The number of hydrogen-bond acceptors (Lipinski definition) is 2. The van der Waals surface area contributed by atoms with E-state index in [1.807, 2.05) is 19.9 Å². The highest BCUT2D eigenvalue weighted by atomic mass is 16.3. The van der Waals surface area contributed by atoms with Crippen LogP contribution in [0.1, 0.15) is 79.1 Å². The van der Waals surface area contributed by atoms with Crippen LogP contribution in [0.3, 0.4) is 0 Å². The van der Waals surface area contributed by atoms with Crippen molar-refractivity contribution in [2.75, 3.05) is 0 Å². The van der Waals surface area contributed by atoms with Gasteiger partial charge in [0, 0.05) is 6.42 Å². The molecular weight excluding hydrogens is 296 g/mol. The molecule has 0 spiro atoms. The number of carbonyl (C=O) groups excluding carboxylic acids is 1. The van der Waals surface area contributed by atoms with Gasteiger partial charge in [0.15, 0.2) is 5.78 Å². The summed E-state index contributed by atoms with van der Waals surface area (Å²) < 4.78 is 0. The Morgan fingerprint density at radius 1 is 1.04 bits per heavy atom. The highest BCUT2D eigenvalue weighted by Crippen LogP contribution is 2.67. The first-order chi connectivity index (χ1) is 11.2. The summed E-state index contributed by atoms with van der Waals surface area (Å²) in [6.45, 7) is 8.97. The van der Waals surface area contributed by atoms with Crippen LogP contribution >= 0.6 is 0 Å². The summed E-state index contributed by atoms with van der Waals surface area (Å²) in [6.07, 6.45) is 11.2. The molecule has 0 aliphatic heterocycles. The molecule has 0 aromatic carbocycles. The third-order valence-electron chi connectivity index (χ3n) is 8.81. The molecule has 1 N–H and O–H groups in total. The van der Waals surface area contributed by atoms with Gasteiger partial charge in [0.2, 0.25) is 0 Å². The standard InChI is InChI=1S/C22H34O2/c1-20(2,24)19-8-7-17-16-6-5-14-13-15(23)9-11-21(14,3)18(16)10-12-22(17,19)4/h13,16-19,24H,5-12H2,1-4H3/t16-,17-,18-,19+,21-,22-/m0/s1. The van der Waals surface area contributed by atoms with Crippen molar-refractivity contribution in [3.63, 3.8) is 0 Å². The lowest BCUT2D eigenvalue weighted by Crippen LogP contribution is -2.52. The molecule has 0 unspecified atom stereocenters. The van der Waals surface area contributed by atoms with Crippen molar-refractivity contribution in [2.45, 2.75) is 84.7 Å². The number of aliphatic hydroxyl groups is 1. The Morgan fingerprint density at radius 2 is 1.79 bits per heavy atom. The van der Waals surface area contributed by atoms with Crippen LogP contribution < -0.4 is 0 Å². The molecule has 0 heterocycles. The average molecular weight is 331 g/mol. The van der Waals surface area contributed by atoms with E-state index in [1.54, 1.807) is 0 Å². The molecule has 4 aliphatic rings. The van der Waals surface area contributed by atoms with Crippen LogP contribution in [-0.4, -0.2) is 16.5 Å². The van der Waals surface area contributed by atoms with Crippen molar-refractivity contribution in [1.29, 1.82) is 0 Å². The van der Waals surface area contributed by atoms with Crippen LogP contribution in [0.25, 0.3) is 0 Å². The van der Waals surface area contributed by atoms with Crippen molar-refractivity contribution < 1.29 is 9.90 Å². The zero-order chi connectivity index (χ0) is 17.3. The Bertz CT molecular complexity index is 583. The summed E-state index contributed by atoms with van der Waals surface area (Å²) >= 11 is 0. The normalized spacial score (nSPS) is 48.4. The molecule has 0 aromatic rings. The molecule has 24 heavy (non-hydrogen) atoms. The van der Waals surface area contributed by atoms with Gasteiger partial charge in [0.1, 0.15) is 0 Å². The molecule has 0 amide bonds. The van der Waals surface area contributed by atoms with E-state index in [9.17, 15) is 9.90 Å². The SMILES string of the molecule is CC(C)(O)[C@H]1CC[C@H]2[C@@H]3CCC4=CC(=O)CC[C@]4(C)[C@H]3CC[C@]12C. The summed E-state index contributed by atoms with van der Waals surface area (Å²) in [5.41, 5.74) is 1.48. The summed E-state index contributed by atoms with van der Waals surface area (Å²) in [5, 5.41) is 10.7. The van der Waals surface area contributed by atoms with Gasteiger partial charge in [-0.3, -0.25) is 4.79 Å². The molecule has 0 saturated heterocycles. The lowest BCUT2D eigenvalue weighted by atomic mass is 9.46. The summed E-state index contributed by atoms with van der Waals surface area (Å²) in [4.78, 5) is 11.9. The first kappa shape index (κ1) is 16.8. The molecule has 0 aromatic heterocycles. The van der Waals surface area contributed by atoms with E-state index in [4.69, 9.17) is 0 Å². The number of fused-ring (bicyclic) bond motifs is 5. The maximum atomic E-state index is 11.9. The molecule has 0 bridgehead atoms. The van der Waals surface area contributed by atoms with Crippen molar-refractivity contribution in [1.82, 2.24) is 0 Å². The Labute approximate surface area is 147 Å². The minimum Gasteiger partial charge on any atom is -0.390 e. The number of rotatable bonds is 1. The van der Waals surface area contributed by atoms with Crippen molar-refractivity contribution >= 4 is 5.78 Å². The summed E-state index contributed by atoms with van der Waals surface area (Å²) in [7, 11) is 0. The molecule has 0 radical (unpaired) electrons. The molecule has 134 valence electrons. The van der Waals surface area contributed by atoms with Crippen LogP contribution in [0.2, 0.25) is 0 Å². The maximum Gasteiger partial charge on any atom is 0.155 e. The van der Waals surface area contributed by atoms with E-state index in [0.717, 1.165) is 37.0 Å². The minimum absolute atomic E-state index is 0.269. The first-order valence-electron chi connectivity index (χ1n) is 10.1. The second-order valence-corrected chi connectivity index (χ2v) is 10.3. The van der Waals surface area contributed by atoms with Crippen molar-refractivity contribution in [2.24, 2.45) is 34.5 Å². The predicted molar refractivity (Wildman–Crippen MR) is 96.5 cm³/mol. The van der Waals surface area contributed by atoms with Gasteiger partial charge in [-0.2, -0.15) is 0 Å². The first-order valence-corrected chi connectivity index (χ1v) is 10.1. The van der Waals surface area contributed by atoms with Gasteiger partial charge >= 0.3 is 0 Å². The second kappa shape index (κ2) is 5.19.